The van der Waals surface area contributed by atoms with Gasteiger partial charge in [0.25, 0.3) is 5.91 Å². The quantitative estimate of drug-likeness (QED) is 0.477. The molecule has 0 bridgehead atoms. The van der Waals surface area contributed by atoms with E-state index in [2.05, 4.69) is 23.7 Å². The number of ketones is 1. The molecule has 0 unspecified atom stereocenters. The van der Waals surface area contributed by atoms with Crippen molar-refractivity contribution < 1.29 is 24.2 Å². The summed E-state index contributed by atoms with van der Waals surface area (Å²) in [6.45, 7) is 10.8. The van der Waals surface area contributed by atoms with Crippen LogP contribution in [-0.2, 0) is 4.79 Å². The number of benzene rings is 1. The van der Waals surface area contributed by atoms with Crippen LogP contribution in [0.15, 0.2) is 29.5 Å². The van der Waals surface area contributed by atoms with Crippen molar-refractivity contribution in [3.05, 3.63) is 50.7 Å². The van der Waals surface area contributed by atoms with Crippen LogP contribution in [0.2, 0.25) is 0 Å². The maximum absolute atomic E-state index is 13.6. The number of hydrogen-bond acceptors (Lipinski definition) is 8. The van der Waals surface area contributed by atoms with E-state index in [-0.39, 0.29) is 11.4 Å². The van der Waals surface area contributed by atoms with E-state index in [1.54, 1.807) is 37.1 Å². The fraction of sp³-hybridized carbons (Fsp3) is 0.480. The number of amides is 1. The van der Waals surface area contributed by atoms with Crippen molar-refractivity contribution in [2.75, 3.05) is 40.4 Å². The van der Waals surface area contributed by atoms with Gasteiger partial charge < -0.3 is 24.4 Å². The molecule has 0 saturated heterocycles. The van der Waals surface area contributed by atoms with Crippen LogP contribution in [0.1, 0.15) is 52.2 Å². The second kappa shape index (κ2) is 11.0. The molecule has 2 heterocycles. The summed E-state index contributed by atoms with van der Waals surface area (Å²) in [5, 5.41) is 11.7. The number of Topliss-reactive ketones (excluding diaryl/α,β-unsaturated/α-hetero) is 1. The molecule has 8 nitrogen and oxygen atoms in total. The number of rotatable bonds is 11. The van der Waals surface area contributed by atoms with E-state index in [0.29, 0.717) is 40.6 Å². The molecule has 0 fully saturated rings. The van der Waals surface area contributed by atoms with Crippen LogP contribution in [0.25, 0.3) is 0 Å². The summed E-state index contributed by atoms with van der Waals surface area (Å²) < 4.78 is 10.8. The molecular weight excluding hydrogens is 454 g/mol. The third kappa shape index (κ3) is 4.95. The Morgan fingerprint density at radius 1 is 1.18 bits per heavy atom. The summed E-state index contributed by atoms with van der Waals surface area (Å²) in [6, 6.07) is 4.56. The molecule has 0 radical (unpaired) electrons. The van der Waals surface area contributed by atoms with Gasteiger partial charge in [-0.2, -0.15) is 0 Å². The number of aromatic nitrogens is 1. The summed E-state index contributed by atoms with van der Waals surface area (Å²) in [7, 11) is 3.08. The van der Waals surface area contributed by atoms with E-state index < -0.39 is 17.7 Å². The first-order valence-corrected chi connectivity index (χ1v) is 12.3. The zero-order chi connectivity index (χ0) is 25.0. The largest absolute Gasteiger partial charge is 0.503 e. The van der Waals surface area contributed by atoms with Gasteiger partial charge in [-0.25, -0.2) is 4.98 Å². The fourth-order valence-corrected chi connectivity index (χ4v) is 5.23. The highest BCUT2D eigenvalue weighted by Gasteiger charge is 2.44. The fourth-order valence-electron chi connectivity index (χ4n) is 4.35. The normalized spacial score (nSPS) is 16.0. The average Bonchev–Trinajstić information content (AvgIpc) is 3.31. The van der Waals surface area contributed by atoms with Gasteiger partial charge in [-0.15, -0.1) is 11.3 Å². The van der Waals surface area contributed by atoms with E-state index in [4.69, 9.17) is 9.47 Å². The number of thiazole rings is 1. The number of aliphatic hydroxyl groups is 1. The van der Waals surface area contributed by atoms with Crippen LogP contribution in [0.4, 0.5) is 0 Å². The Balaban J connectivity index is 2.04. The molecule has 0 saturated carbocycles. The van der Waals surface area contributed by atoms with Crippen molar-refractivity contribution >= 4 is 23.0 Å². The van der Waals surface area contributed by atoms with Crippen molar-refractivity contribution in [3.63, 3.8) is 0 Å². The van der Waals surface area contributed by atoms with Crippen LogP contribution in [0.5, 0.6) is 11.5 Å². The van der Waals surface area contributed by atoms with E-state index in [1.807, 2.05) is 6.92 Å². The lowest BCUT2D eigenvalue weighted by Crippen LogP contribution is -2.34. The third-order valence-electron chi connectivity index (χ3n) is 6.15. The van der Waals surface area contributed by atoms with Gasteiger partial charge in [0.15, 0.2) is 17.3 Å². The van der Waals surface area contributed by atoms with Crippen LogP contribution in [-0.4, -0.2) is 72.0 Å². The van der Waals surface area contributed by atoms with Gasteiger partial charge in [-0.05, 0) is 57.6 Å². The molecule has 1 amide bonds. The van der Waals surface area contributed by atoms with Gasteiger partial charge in [-0.1, -0.05) is 19.9 Å². The molecule has 34 heavy (non-hydrogen) atoms. The Bertz CT molecular complexity index is 1090. The van der Waals surface area contributed by atoms with Crippen molar-refractivity contribution in [1.82, 2.24) is 14.8 Å². The molecule has 1 atom stereocenters. The SMILES string of the molecule is CCN(CC)CCCN1C(=O)C(O)=C(C(=O)c2sc(C)nc2C)[C@@H]1c1ccc(OC)c(OC)c1. The van der Waals surface area contributed by atoms with Crippen molar-refractivity contribution in [2.45, 2.75) is 40.2 Å². The highest BCUT2D eigenvalue weighted by atomic mass is 32.1. The Hall–Kier alpha value is -2.91. The number of methoxy groups -OCH3 is 2. The molecule has 1 aromatic heterocycles. The first kappa shape index (κ1) is 25.7. The number of carbonyl (C=O) groups is 2. The van der Waals surface area contributed by atoms with E-state index in [9.17, 15) is 14.7 Å². The Morgan fingerprint density at radius 3 is 2.41 bits per heavy atom. The summed E-state index contributed by atoms with van der Waals surface area (Å²) in [6.07, 6.45) is 0.713. The Labute approximate surface area is 204 Å². The average molecular weight is 488 g/mol. The van der Waals surface area contributed by atoms with E-state index in [1.165, 1.54) is 18.4 Å². The molecule has 2 aromatic rings. The van der Waals surface area contributed by atoms with Crippen molar-refractivity contribution in [2.24, 2.45) is 0 Å². The molecule has 1 aromatic carbocycles. The van der Waals surface area contributed by atoms with Gasteiger partial charge in [0.1, 0.15) is 0 Å². The smallest absolute Gasteiger partial charge is 0.290 e. The molecule has 0 aliphatic carbocycles. The van der Waals surface area contributed by atoms with Crippen LogP contribution >= 0.6 is 11.3 Å². The molecule has 1 aliphatic rings. The lowest BCUT2D eigenvalue weighted by atomic mass is 9.94. The van der Waals surface area contributed by atoms with E-state index in [0.717, 1.165) is 24.6 Å². The van der Waals surface area contributed by atoms with Crippen LogP contribution < -0.4 is 9.47 Å². The number of aliphatic hydroxyl groups excluding tert-OH is 1. The number of carbonyl (C=O) groups excluding carboxylic acids is 2. The second-order valence-corrected chi connectivity index (χ2v) is 9.34. The summed E-state index contributed by atoms with van der Waals surface area (Å²) in [4.78, 5) is 35.5. The van der Waals surface area contributed by atoms with Gasteiger partial charge >= 0.3 is 0 Å². The maximum atomic E-state index is 13.6. The Kier molecular flexibility index (Phi) is 8.33. The highest BCUT2D eigenvalue weighted by Crippen LogP contribution is 2.42. The predicted molar refractivity (Wildman–Crippen MR) is 132 cm³/mol. The maximum Gasteiger partial charge on any atom is 0.290 e. The van der Waals surface area contributed by atoms with Crippen molar-refractivity contribution in [1.29, 1.82) is 0 Å². The first-order valence-electron chi connectivity index (χ1n) is 11.4. The summed E-state index contributed by atoms with van der Waals surface area (Å²) in [5.74, 6) is -0.392. The zero-order valence-electron chi connectivity index (χ0n) is 20.7. The molecule has 184 valence electrons. The highest BCUT2D eigenvalue weighted by molar-refractivity contribution is 7.14. The Morgan fingerprint density at radius 2 is 1.85 bits per heavy atom. The van der Waals surface area contributed by atoms with Gasteiger partial charge in [0.2, 0.25) is 5.78 Å². The minimum Gasteiger partial charge on any atom is -0.503 e. The molecule has 1 aliphatic heterocycles. The van der Waals surface area contributed by atoms with E-state index >= 15 is 0 Å². The van der Waals surface area contributed by atoms with Gasteiger partial charge in [-0.3, -0.25) is 9.59 Å². The molecular formula is C25H33N3O5S. The zero-order valence-corrected chi connectivity index (χ0v) is 21.5. The summed E-state index contributed by atoms with van der Waals surface area (Å²) in [5.41, 5.74) is 1.33. The second-order valence-electron chi connectivity index (χ2n) is 8.13. The molecule has 3 rings (SSSR count). The number of aryl methyl sites for hydroxylation is 2. The predicted octanol–water partition coefficient (Wildman–Crippen LogP) is 4.09. The monoisotopic (exact) mass is 487 g/mol. The number of ether oxygens (including phenoxy) is 2. The van der Waals surface area contributed by atoms with Gasteiger partial charge in [0, 0.05) is 6.54 Å². The lowest BCUT2D eigenvalue weighted by molar-refractivity contribution is -0.129. The van der Waals surface area contributed by atoms with Gasteiger partial charge in [0.05, 0.1) is 41.4 Å². The molecule has 0 spiro atoms. The molecule has 9 heteroatoms. The van der Waals surface area contributed by atoms with Crippen LogP contribution in [0.3, 0.4) is 0 Å². The standard InChI is InChI=1S/C25H33N3O5S/c1-7-27(8-2)12-9-13-28-21(17-10-11-18(32-5)19(14-17)33-6)20(23(30)25(28)31)22(29)24-15(3)26-16(4)34-24/h10-11,14,21,30H,7-9,12-13H2,1-6H3/t21-/m0/s1. The minimum atomic E-state index is -0.738. The third-order valence-corrected chi connectivity index (χ3v) is 7.22. The minimum absolute atomic E-state index is 0.0757. The lowest BCUT2D eigenvalue weighted by Gasteiger charge is -2.28. The topological polar surface area (TPSA) is 92.2 Å². The van der Waals surface area contributed by atoms with Crippen LogP contribution in [0, 0.1) is 13.8 Å². The first-order chi connectivity index (χ1) is 16.3. The number of hydrogen-bond donors (Lipinski definition) is 1. The van der Waals surface area contributed by atoms with Crippen molar-refractivity contribution in [3.8, 4) is 11.5 Å². The number of nitrogens with zero attached hydrogens (tertiary/aromatic N) is 3. The summed E-state index contributed by atoms with van der Waals surface area (Å²) >= 11 is 1.27. The molecule has 1 N–H and O–H groups in total.